The molecule has 2 atom stereocenters. The van der Waals surface area contributed by atoms with E-state index in [1.807, 2.05) is 0 Å². The van der Waals surface area contributed by atoms with E-state index in [-0.39, 0.29) is 11.3 Å². The first-order valence-electron chi connectivity index (χ1n) is 4.96. The Morgan fingerprint density at radius 2 is 2.06 bits per heavy atom. The summed E-state index contributed by atoms with van der Waals surface area (Å²) in [6.45, 7) is 1.56. The van der Waals surface area contributed by atoms with Gasteiger partial charge in [0.25, 0.3) is 0 Å². The average Bonchev–Trinajstić information content (AvgIpc) is 2.21. The normalized spacial score (nSPS) is 14.4. The van der Waals surface area contributed by atoms with Crippen LogP contribution in [0, 0.1) is 12.7 Å². The molecule has 0 saturated heterocycles. The Balaban J connectivity index is 3.03. The lowest BCUT2D eigenvalue weighted by atomic mass is 9.96. The number of hydrogen-bond acceptors (Lipinski definition) is 4. The quantitative estimate of drug-likeness (QED) is 0.579. The molecule has 1 aromatic rings. The molecular weight excluding hydrogens is 229 g/mol. The van der Waals surface area contributed by atoms with Gasteiger partial charge in [-0.1, -0.05) is 0 Å². The molecule has 17 heavy (non-hydrogen) atoms. The second-order valence-electron chi connectivity index (χ2n) is 3.82. The van der Waals surface area contributed by atoms with Crippen molar-refractivity contribution in [2.75, 3.05) is 5.73 Å². The molecule has 94 valence electrons. The lowest BCUT2D eigenvalue weighted by Crippen LogP contribution is -2.22. The maximum Gasteiger partial charge on any atom is 0.306 e. The van der Waals surface area contributed by atoms with Crippen LogP contribution in [0.1, 0.15) is 23.7 Å². The van der Waals surface area contributed by atoms with Gasteiger partial charge in [0.1, 0.15) is 11.9 Å². The van der Waals surface area contributed by atoms with Crippen LogP contribution in [0.15, 0.2) is 12.1 Å². The zero-order chi connectivity index (χ0) is 13.2. The van der Waals surface area contributed by atoms with Crippen molar-refractivity contribution in [1.29, 1.82) is 0 Å². The predicted molar refractivity (Wildman–Crippen MR) is 58.8 cm³/mol. The van der Waals surface area contributed by atoms with Gasteiger partial charge in [-0.3, -0.25) is 4.79 Å². The molecule has 0 radical (unpaired) electrons. The molecule has 0 amide bonds. The minimum atomic E-state index is -1.51. The van der Waals surface area contributed by atoms with Gasteiger partial charge >= 0.3 is 5.97 Å². The van der Waals surface area contributed by atoms with Crippen molar-refractivity contribution in [3.8, 4) is 0 Å². The number of carbonyl (C=O) groups is 1. The predicted octanol–water partition coefficient (Wildman–Crippen LogP) is 0.585. The van der Waals surface area contributed by atoms with Gasteiger partial charge < -0.3 is 21.1 Å². The van der Waals surface area contributed by atoms with Crippen LogP contribution in [-0.2, 0) is 4.79 Å². The van der Waals surface area contributed by atoms with Crippen molar-refractivity contribution in [1.82, 2.24) is 0 Å². The van der Waals surface area contributed by atoms with Gasteiger partial charge in [-0.2, -0.15) is 0 Å². The third-order valence-electron chi connectivity index (χ3n) is 2.52. The molecule has 1 rings (SSSR count). The zero-order valence-electron chi connectivity index (χ0n) is 9.22. The molecule has 2 unspecified atom stereocenters. The molecule has 0 aliphatic heterocycles. The molecule has 0 bridgehead atoms. The molecule has 5 nitrogen and oxygen atoms in total. The number of hydrogen-bond donors (Lipinski definition) is 4. The van der Waals surface area contributed by atoms with Crippen molar-refractivity contribution in [2.45, 2.75) is 25.6 Å². The highest BCUT2D eigenvalue weighted by atomic mass is 19.1. The second kappa shape index (κ2) is 5.11. The van der Waals surface area contributed by atoms with Crippen molar-refractivity contribution >= 4 is 11.7 Å². The molecule has 0 aliphatic rings. The summed E-state index contributed by atoms with van der Waals surface area (Å²) in [5.41, 5.74) is 6.17. The number of aliphatic hydroxyl groups excluding tert-OH is 2. The van der Waals surface area contributed by atoms with E-state index < -0.39 is 30.4 Å². The number of anilines is 1. The van der Waals surface area contributed by atoms with Crippen LogP contribution in [0.25, 0.3) is 0 Å². The Bertz CT molecular complexity index is 436. The number of nitrogens with two attached hydrogens (primary N) is 1. The van der Waals surface area contributed by atoms with Crippen LogP contribution in [0.2, 0.25) is 0 Å². The van der Waals surface area contributed by atoms with E-state index in [2.05, 4.69) is 0 Å². The van der Waals surface area contributed by atoms with Crippen LogP contribution in [0.4, 0.5) is 10.1 Å². The van der Waals surface area contributed by atoms with E-state index in [1.54, 1.807) is 6.92 Å². The van der Waals surface area contributed by atoms with Gasteiger partial charge in [0, 0.05) is 5.69 Å². The minimum Gasteiger partial charge on any atom is -0.481 e. The van der Waals surface area contributed by atoms with Crippen LogP contribution in [0.5, 0.6) is 0 Å². The SMILES string of the molecule is Cc1c(N)cc(F)cc1C(O)C(O)CC(=O)O. The van der Waals surface area contributed by atoms with Crippen LogP contribution in [-0.4, -0.2) is 27.4 Å². The zero-order valence-corrected chi connectivity index (χ0v) is 9.22. The summed E-state index contributed by atoms with van der Waals surface area (Å²) < 4.78 is 13.1. The lowest BCUT2D eigenvalue weighted by molar-refractivity contribution is -0.141. The lowest BCUT2D eigenvalue weighted by Gasteiger charge is -2.19. The topological polar surface area (TPSA) is 104 Å². The fourth-order valence-electron chi connectivity index (χ4n) is 1.53. The van der Waals surface area contributed by atoms with E-state index in [9.17, 15) is 19.4 Å². The summed E-state index contributed by atoms with van der Waals surface area (Å²) in [5.74, 6) is -1.90. The van der Waals surface area contributed by atoms with Gasteiger partial charge in [-0.05, 0) is 30.2 Å². The number of rotatable bonds is 4. The third kappa shape index (κ3) is 3.15. The Hall–Kier alpha value is -1.66. The monoisotopic (exact) mass is 243 g/mol. The van der Waals surface area contributed by atoms with E-state index in [4.69, 9.17) is 10.8 Å². The molecule has 0 fully saturated rings. The molecule has 5 N–H and O–H groups in total. The van der Waals surface area contributed by atoms with Crippen molar-refractivity contribution in [2.24, 2.45) is 0 Å². The number of aliphatic hydroxyl groups is 2. The smallest absolute Gasteiger partial charge is 0.306 e. The van der Waals surface area contributed by atoms with E-state index in [0.717, 1.165) is 12.1 Å². The average molecular weight is 243 g/mol. The highest BCUT2D eigenvalue weighted by Gasteiger charge is 2.23. The first-order chi connectivity index (χ1) is 7.82. The maximum atomic E-state index is 13.1. The van der Waals surface area contributed by atoms with Gasteiger partial charge in [0.05, 0.1) is 12.5 Å². The van der Waals surface area contributed by atoms with Gasteiger partial charge in [0.2, 0.25) is 0 Å². The first kappa shape index (κ1) is 13.4. The summed E-state index contributed by atoms with van der Waals surface area (Å²) in [7, 11) is 0. The molecule has 1 aromatic carbocycles. The standard InChI is InChI=1S/C11H14FNO4/c1-5-7(2-6(12)3-8(5)13)11(17)9(14)4-10(15)16/h2-3,9,11,14,17H,4,13H2,1H3,(H,15,16). The fourth-order valence-corrected chi connectivity index (χ4v) is 1.53. The van der Waals surface area contributed by atoms with Gasteiger partial charge in [-0.15, -0.1) is 0 Å². The van der Waals surface area contributed by atoms with Crippen molar-refractivity contribution < 1.29 is 24.5 Å². The fraction of sp³-hybridized carbons (Fsp3) is 0.364. The summed E-state index contributed by atoms with van der Waals surface area (Å²) >= 11 is 0. The van der Waals surface area contributed by atoms with Crippen molar-refractivity contribution in [3.63, 3.8) is 0 Å². The summed E-state index contributed by atoms with van der Waals surface area (Å²) in [6, 6.07) is 2.12. The highest BCUT2D eigenvalue weighted by molar-refractivity contribution is 5.67. The number of nitrogen functional groups attached to an aromatic ring is 1. The molecule has 0 heterocycles. The number of carboxylic acid groups (broad SMARTS) is 1. The number of carboxylic acids is 1. The molecule has 6 heteroatoms. The summed E-state index contributed by atoms with van der Waals surface area (Å²) in [4.78, 5) is 10.4. The molecular formula is C11H14FNO4. The number of benzene rings is 1. The first-order valence-corrected chi connectivity index (χ1v) is 4.96. The Morgan fingerprint density at radius 3 is 2.59 bits per heavy atom. The van der Waals surface area contributed by atoms with Crippen LogP contribution >= 0.6 is 0 Å². The highest BCUT2D eigenvalue weighted by Crippen LogP contribution is 2.27. The van der Waals surface area contributed by atoms with E-state index in [0.29, 0.717) is 5.56 Å². The van der Waals surface area contributed by atoms with E-state index in [1.165, 1.54) is 0 Å². The molecule has 0 aliphatic carbocycles. The van der Waals surface area contributed by atoms with Crippen molar-refractivity contribution in [3.05, 3.63) is 29.1 Å². The van der Waals surface area contributed by atoms with Gasteiger partial charge in [-0.25, -0.2) is 4.39 Å². The summed E-state index contributed by atoms with van der Waals surface area (Å²) in [6.07, 6.45) is -3.62. The second-order valence-corrected chi connectivity index (χ2v) is 3.82. The molecule has 0 aromatic heterocycles. The Kier molecular flexibility index (Phi) is 4.03. The third-order valence-corrected chi connectivity index (χ3v) is 2.52. The molecule has 0 spiro atoms. The number of halogens is 1. The Labute approximate surface area is 97.3 Å². The number of aliphatic carboxylic acids is 1. The molecule has 0 saturated carbocycles. The van der Waals surface area contributed by atoms with Crippen LogP contribution < -0.4 is 5.73 Å². The Morgan fingerprint density at radius 1 is 1.47 bits per heavy atom. The van der Waals surface area contributed by atoms with Gasteiger partial charge in [0.15, 0.2) is 0 Å². The summed E-state index contributed by atoms with van der Waals surface area (Å²) in [5, 5.41) is 27.7. The van der Waals surface area contributed by atoms with Crippen LogP contribution in [0.3, 0.4) is 0 Å². The largest absolute Gasteiger partial charge is 0.481 e. The maximum absolute atomic E-state index is 13.1. The minimum absolute atomic E-state index is 0.0938. The van der Waals surface area contributed by atoms with E-state index >= 15 is 0 Å².